The van der Waals surface area contributed by atoms with Crippen LogP contribution >= 0.6 is 23.4 Å². The summed E-state index contributed by atoms with van der Waals surface area (Å²) < 4.78 is 0. The topological polar surface area (TPSA) is 40.5 Å². The largest absolute Gasteiger partial charge is 0.391 e. The maximum absolute atomic E-state index is 11.9. The molecule has 3 nitrogen and oxygen atoms in total. The third kappa shape index (κ3) is 5.00. The van der Waals surface area contributed by atoms with Gasteiger partial charge in [0.1, 0.15) is 0 Å². The van der Waals surface area contributed by atoms with Gasteiger partial charge in [0.25, 0.3) is 0 Å². The Kier molecular flexibility index (Phi) is 5.75. The summed E-state index contributed by atoms with van der Waals surface area (Å²) in [4.78, 5) is 13.6. The zero-order valence-corrected chi connectivity index (χ0v) is 13.2. The number of carbonyl (C=O) groups is 1. The third-order valence-electron chi connectivity index (χ3n) is 3.46. The Labute approximate surface area is 129 Å². The Balaban J connectivity index is 1.67. The number of carbonyl (C=O) groups excluding carboxylic acids is 1. The summed E-state index contributed by atoms with van der Waals surface area (Å²) in [5.74, 6) is 1.72. The van der Waals surface area contributed by atoms with Gasteiger partial charge in [0, 0.05) is 24.4 Å². The summed E-state index contributed by atoms with van der Waals surface area (Å²) in [6.07, 6.45) is 1.83. The number of hydrogen-bond acceptors (Lipinski definition) is 3. The molecule has 110 valence electrons. The Hall–Kier alpha value is -0.710. The highest BCUT2D eigenvalue weighted by Gasteiger charge is 2.30. The monoisotopic (exact) mass is 313 g/mol. The van der Waals surface area contributed by atoms with E-state index in [1.165, 1.54) is 0 Å². The van der Waals surface area contributed by atoms with Gasteiger partial charge in [-0.3, -0.25) is 4.79 Å². The molecule has 0 aromatic heterocycles. The van der Waals surface area contributed by atoms with Crippen molar-refractivity contribution in [1.82, 2.24) is 4.90 Å². The van der Waals surface area contributed by atoms with E-state index in [-0.39, 0.29) is 12.0 Å². The first-order valence-corrected chi connectivity index (χ1v) is 8.33. The molecule has 0 heterocycles. The fraction of sp³-hybridized carbons (Fsp3) is 0.533. The van der Waals surface area contributed by atoms with Crippen LogP contribution in [0, 0.1) is 5.92 Å². The van der Waals surface area contributed by atoms with Gasteiger partial charge in [0.15, 0.2) is 0 Å². The molecule has 1 unspecified atom stereocenters. The number of rotatable bonds is 7. The van der Waals surface area contributed by atoms with E-state index in [4.69, 9.17) is 11.6 Å². The van der Waals surface area contributed by atoms with Gasteiger partial charge < -0.3 is 10.0 Å². The van der Waals surface area contributed by atoms with E-state index in [1.807, 2.05) is 24.3 Å². The minimum Gasteiger partial charge on any atom is -0.391 e. The number of thioether (sulfide) groups is 1. The van der Waals surface area contributed by atoms with E-state index in [0.717, 1.165) is 29.2 Å². The van der Waals surface area contributed by atoms with Crippen LogP contribution in [0.4, 0.5) is 0 Å². The summed E-state index contributed by atoms with van der Waals surface area (Å²) >= 11 is 7.41. The fourth-order valence-corrected chi connectivity index (χ4v) is 3.01. The van der Waals surface area contributed by atoms with Crippen molar-refractivity contribution in [2.75, 3.05) is 19.3 Å². The van der Waals surface area contributed by atoms with Crippen LogP contribution in [0.2, 0.25) is 5.02 Å². The first-order chi connectivity index (χ1) is 9.56. The van der Waals surface area contributed by atoms with E-state index in [9.17, 15) is 9.90 Å². The van der Waals surface area contributed by atoms with Gasteiger partial charge in [0.05, 0.1) is 11.9 Å². The summed E-state index contributed by atoms with van der Waals surface area (Å²) in [5, 5.41) is 10.6. The number of nitrogens with zero attached hydrogens (tertiary/aromatic N) is 1. The van der Waals surface area contributed by atoms with Gasteiger partial charge in [-0.2, -0.15) is 0 Å². The van der Waals surface area contributed by atoms with Crippen LogP contribution in [0.3, 0.4) is 0 Å². The van der Waals surface area contributed by atoms with E-state index >= 15 is 0 Å². The van der Waals surface area contributed by atoms with E-state index in [2.05, 4.69) is 0 Å². The van der Waals surface area contributed by atoms with E-state index in [0.29, 0.717) is 18.2 Å². The molecule has 1 atom stereocenters. The number of benzene rings is 1. The average Bonchev–Trinajstić information content (AvgIpc) is 3.25. The molecule has 1 aromatic rings. The highest BCUT2D eigenvalue weighted by molar-refractivity contribution is 7.99. The summed E-state index contributed by atoms with van der Waals surface area (Å²) in [6, 6.07) is 7.66. The SMILES string of the molecule is CN(CC(O)C1CC1)C(=O)CSCc1ccc(Cl)cc1. The lowest BCUT2D eigenvalue weighted by atomic mass is 10.2. The molecule has 1 saturated carbocycles. The molecule has 0 spiro atoms. The summed E-state index contributed by atoms with van der Waals surface area (Å²) in [5.41, 5.74) is 1.16. The maximum Gasteiger partial charge on any atom is 0.232 e. The zero-order chi connectivity index (χ0) is 14.5. The lowest BCUT2D eigenvalue weighted by Gasteiger charge is -2.20. The Morgan fingerprint density at radius 2 is 2.10 bits per heavy atom. The highest BCUT2D eigenvalue weighted by atomic mass is 35.5. The number of aliphatic hydroxyl groups is 1. The van der Waals surface area contributed by atoms with Gasteiger partial charge in [-0.1, -0.05) is 23.7 Å². The standard InChI is InChI=1S/C15H20ClNO2S/c1-17(8-14(18)12-4-5-12)15(19)10-20-9-11-2-6-13(16)7-3-11/h2-3,6-7,12,14,18H,4-5,8-10H2,1H3. The van der Waals surface area contributed by atoms with Crippen molar-refractivity contribution in [3.8, 4) is 0 Å². The van der Waals surface area contributed by atoms with Crippen LogP contribution in [-0.2, 0) is 10.5 Å². The second kappa shape index (κ2) is 7.34. The molecule has 1 amide bonds. The van der Waals surface area contributed by atoms with Crippen LogP contribution in [-0.4, -0.2) is 41.4 Å². The molecule has 1 fully saturated rings. The minimum atomic E-state index is -0.356. The molecule has 0 radical (unpaired) electrons. The highest BCUT2D eigenvalue weighted by Crippen LogP contribution is 2.32. The molecular formula is C15H20ClNO2S. The van der Waals surface area contributed by atoms with Crippen LogP contribution in [0.15, 0.2) is 24.3 Å². The lowest BCUT2D eigenvalue weighted by Crippen LogP contribution is -2.36. The normalized spacial score (nSPS) is 15.9. The third-order valence-corrected chi connectivity index (χ3v) is 4.70. The predicted molar refractivity (Wildman–Crippen MR) is 84.0 cm³/mol. The van der Waals surface area contributed by atoms with Crippen LogP contribution < -0.4 is 0 Å². The Morgan fingerprint density at radius 3 is 2.70 bits per heavy atom. The number of hydrogen-bond donors (Lipinski definition) is 1. The zero-order valence-electron chi connectivity index (χ0n) is 11.6. The summed E-state index contributed by atoms with van der Waals surface area (Å²) in [6.45, 7) is 0.449. The van der Waals surface area contributed by atoms with E-state index in [1.54, 1.807) is 23.7 Å². The van der Waals surface area contributed by atoms with E-state index < -0.39 is 0 Å². The van der Waals surface area contributed by atoms with Crippen LogP contribution in [0.25, 0.3) is 0 Å². The number of halogens is 1. The van der Waals surface area contributed by atoms with Crippen LogP contribution in [0.5, 0.6) is 0 Å². The van der Waals surface area contributed by atoms with Crippen molar-refractivity contribution in [3.05, 3.63) is 34.9 Å². The fourth-order valence-electron chi connectivity index (χ4n) is 1.96. The molecule has 1 aliphatic rings. The maximum atomic E-state index is 11.9. The van der Waals surface area contributed by atoms with Crippen LogP contribution in [0.1, 0.15) is 18.4 Å². The predicted octanol–water partition coefficient (Wildman–Crippen LogP) is 2.80. The Morgan fingerprint density at radius 1 is 1.45 bits per heavy atom. The molecule has 1 aliphatic carbocycles. The number of likely N-dealkylation sites (N-methyl/N-ethyl adjacent to an activating group) is 1. The second-order valence-electron chi connectivity index (χ2n) is 5.30. The second-order valence-corrected chi connectivity index (χ2v) is 6.72. The van der Waals surface area contributed by atoms with Gasteiger partial charge in [-0.05, 0) is 36.5 Å². The number of aliphatic hydroxyl groups excluding tert-OH is 1. The van der Waals surface area contributed by atoms with Crippen molar-refractivity contribution >= 4 is 29.3 Å². The first-order valence-electron chi connectivity index (χ1n) is 6.80. The summed E-state index contributed by atoms with van der Waals surface area (Å²) in [7, 11) is 1.76. The lowest BCUT2D eigenvalue weighted by molar-refractivity contribution is -0.128. The molecule has 0 saturated heterocycles. The van der Waals surface area contributed by atoms with Gasteiger partial charge in [0.2, 0.25) is 5.91 Å². The van der Waals surface area contributed by atoms with Crippen molar-refractivity contribution in [1.29, 1.82) is 0 Å². The van der Waals surface area contributed by atoms with Crippen molar-refractivity contribution < 1.29 is 9.90 Å². The first kappa shape index (κ1) is 15.7. The quantitative estimate of drug-likeness (QED) is 0.841. The molecule has 2 rings (SSSR count). The van der Waals surface area contributed by atoms with Crippen molar-refractivity contribution in [2.24, 2.45) is 5.92 Å². The molecule has 1 N–H and O–H groups in total. The van der Waals surface area contributed by atoms with Crippen molar-refractivity contribution in [3.63, 3.8) is 0 Å². The van der Waals surface area contributed by atoms with Gasteiger partial charge in [-0.15, -0.1) is 11.8 Å². The number of amides is 1. The average molecular weight is 314 g/mol. The molecule has 0 aliphatic heterocycles. The molecule has 20 heavy (non-hydrogen) atoms. The minimum absolute atomic E-state index is 0.0728. The smallest absolute Gasteiger partial charge is 0.232 e. The molecule has 0 bridgehead atoms. The molecule has 5 heteroatoms. The van der Waals surface area contributed by atoms with Crippen molar-refractivity contribution in [2.45, 2.75) is 24.7 Å². The molecule has 1 aromatic carbocycles. The Bertz CT molecular complexity index is 448. The molecular weight excluding hydrogens is 294 g/mol. The van der Waals surface area contributed by atoms with Gasteiger partial charge >= 0.3 is 0 Å². The van der Waals surface area contributed by atoms with Gasteiger partial charge in [-0.25, -0.2) is 0 Å².